The number of rotatable bonds is 4. The third-order valence-electron chi connectivity index (χ3n) is 1.88. The van der Waals surface area contributed by atoms with Crippen LogP contribution in [-0.4, -0.2) is 16.9 Å². The van der Waals surface area contributed by atoms with Crippen molar-refractivity contribution in [1.29, 1.82) is 0 Å². The third kappa shape index (κ3) is 3.14. The van der Waals surface area contributed by atoms with Gasteiger partial charge in [0.2, 0.25) is 5.91 Å². The molecule has 0 aromatic carbocycles. The Bertz CT molecular complexity index is 287. The number of hydrogen-bond acceptors (Lipinski definition) is 3. The molecular formula is C10H15N3O. The summed E-state index contributed by atoms with van der Waals surface area (Å²) in [6.45, 7) is 2.00. The molecule has 1 rings (SSSR count). The monoisotopic (exact) mass is 193 g/mol. The molecule has 4 nitrogen and oxygen atoms in total. The van der Waals surface area contributed by atoms with Crippen molar-refractivity contribution >= 4 is 11.6 Å². The van der Waals surface area contributed by atoms with Gasteiger partial charge in [-0.05, 0) is 18.6 Å². The van der Waals surface area contributed by atoms with E-state index in [9.17, 15) is 4.79 Å². The van der Waals surface area contributed by atoms with E-state index in [0.717, 1.165) is 12.1 Å². The van der Waals surface area contributed by atoms with Gasteiger partial charge in [-0.25, -0.2) is 0 Å². The van der Waals surface area contributed by atoms with Crippen molar-refractivity contribution in [2.75, 3.05) is 5.32 Å². The minimum Gasteiger partial charge on any atom is -0.325 e. The van der Waals surface area contributed by atoms with Gasteiger partial charge >= 0.3 is 0 Å². The molecule has 3 N–H and O–H groups in total. The van der Waals surface area contributed by atoms with Crippen LogP contribution in [0.4, 0.5) is 5.69 Å². The molecule has 0 fully saturated rings. The second kappa shape index (κ2) is 5.34. The molecule has 0 aliphatic carbocycles. The quantitative estimate of drug-likeness (QED) is 0.753. The van der Waals surface area contributed by atoms with Gasteiger partial charge in [0.05, 0.1) is 6.04 Å². The SMILES string of the molecule is CCC[C@@H](N)C(=O)Nc1ccncc1. The van der Waals surface area contributed by atoms with Crippen LogP contribution >= 0.6 is 0 Å². The molecule has 0 aliphatic rings. The Balaban J connectivity index is 2.49. The molecule has 0 saturated carbocycles. The molecule has 1 amide bonds. The third-order valence-corrected chi connectivity index (χ3v) is 1.88. The highest BCUT2D eigenvalue weighted by molar-refractivity contribution is 5.94. The molecule has 1 atom stereocenters. The second-order valence-electron chi connectivity index (χ2n) is 3.12. The van der Waals surface area contributed by atoms with Crippen molar-refractivity contribution in [3.63, 3.8) is 0 Å². The second-order valence-corrected chi connectivity index (χ2v) is 3.12. The zero-order chi connectivity index (χ0) is 10.4. The predicted octanol–water partition coefficient (Wildman–Crippen LogP) is 1.15. The van der Waals surface area contributed by atoms with Crippen molar-refractivity contribution in [3.8, 4) is 0 Å². The van der Waals surface area contributed by atoms with Crippen molar-refractivity contribution < 1.29 is 4.79 Å². The van der Waals surface area contributed by atoms with Crippen LogP contribution in [-0.2, 0) is 4.79 Å². The number of pyridine rings is 1. The number of anilines is 1. The molecule has 0 unspecified atom stereocenters. The summed E-state index contributed by atoms with van der Waals surface area (Å²) in [6, 6.07) is 3.04. The molecule has 1 aromatic heterocycles. The number of aromatic nitrogens is 1. The summed E-state index contributed by atoms with van der Waals surface area (Å²) in [5, 5.41) is 2.72. The fourth-order valence-corrected chi connectivity index (χ4v) is 1.11. The Hall–Kier alpha value is -1.42. The average molecular weight is 193 g/mol. The highest BCUT2D eigenvalue weighted by Crippen LogP contribution is 2.04. The molecule has 0 radical (unpaired) electrons. The maximum atomic E-state index is 11.4. The number of carbonyl (C=O) groups is 1. The van der Waals surface area contributed by atoms with Crippen molar-refractivity contribution in [1.82, 2.24) is 4.98 Å². The zero-order valence-corrected chi connectivity index (χ0v) is 8.23. The molecule has 0 spiro atoms. The van der Waals surface area contributed by atoms with E-state index in [1.54, 1.807) is 24.5 Å². The average Bonchev–Trinajstić information content (AvgIpc) is 2.19. The van der Waals surface area contributed by atoms with Gasteiger partial charge in [-0.2, -0.15) is 0 Å². The van der Waals surface area contributed by atoms with Gasteiger partial charge in [0.25, 0.3) is 0 Å². The normalized spacial score (nSPS) is 12.1. The van der Waals surface area contributed by atoms with Gasteiger partial charge in [0.15, 0.2) is 0 Å². The van der Waals surface area contributed by atoms with E-state index in [1.165, 1.54) is 0 Å². The molecule has 4 heteroatoms. The van der Waals surface area contributed by atoms with Gasteiger partial charge in [-0.3, -0.25) is 9.78 Å². The summed E-state index contributed by atoms with van der Waals surface area (Å²) in [5.74, 6) is -0.141. The number of nitrogens with two attached hydrogens (primary N) is 1. The highest BCUT2D eigenvalue weighted by Gasteiger charge is 2.11. The number of hydrogen-bond donors (Lipinski definition) is 2. The lowest BCUT2D eigenvalue weighted by molar-refractivity contribution is -0.117. The van der Waals surface area contributed by atoms with Crippen LogP contribution in [0.25, 0.3) is 0 Å². The molecule has 14 heavy (non-hydrogen) atoms. The van der Waals surface area contributed by atoms with Gasteiger partial charge in [-0.1, -0.05) is 13.3 Å². The standard InChI is InChI=1S/C10H15N3O/c1-2-3-9(11)10(14)13-8-4-6-12-7-5-8/h4-7,9H,2-3,11H2,1H3,(H,12,13,14)/t9-/m1/s1. The number of nitrogens with one attached hydrogen (secondary N) is 1. The maximum Gasteiger partial charge on any atom is 0.241 e. The van der Waals surface area contributed by atoms with Crippen molar-refractivity contribution in [3.05, 3.63) is 24.5 Å². The van der Waals surface area contributed by atoms with Crippen molar-refractivity contribution in [2.45, 2.75) is 25.8 Å². The van der Waals surface area contributed by atoms with Crippen molar-refractivity contribution in [2.24, 2.45) is 5.73 Å². The first-order valence-corrected chi connectivity index (χ1v) is 4.70. The molecule has 0 saturated heterocycles. The lowest BCUT2D eigenvalue weighted by Crippen LogP contribution is -2.35. The van der Waals surface area contributed by atoms with E-state index in [1.807, 2.05) is 6.92 Å². The number of carbonyl (C=O) groups excluding carboxylic acids is 1. The van der Waals surface area contributed by atoms with Gasteiger partial charge < -0.3 is 11.1 Å². The van der Waals surface area contributed by atoms with E-state index in [-0.39, 0.29) is 5.91 Å². The highest BCUT2D eigenvalue weighted by atomic mass is 16.2. The summed E-state index contributed by atoms with van der Waals surface area (Å²) < 4.78 is 0. The summed E-state index contributed by atoms with van der Waals surface area (Å²) in [6.07, 6.45) is 4.86. The van der Waals surface area contributed by atoms with Crippen LogP contribution in [0.1, 0.15) is 19.8 Å². The van der Waals surface area contributed by atoms with Crippen LogP contribution in [0, 0.1) is 0 Å². The summed E-state index contributed by atoms with van der Waals surface area (Å²) in [5.41, 5.74) is 6.38. The molecular weight excluding hydrogens is 178 g/mol. The topological polar surface area (TPSA) is 68.0 Å². The Kier molecular flexibility index (Phi) is 4.07. The molecule has 1 heterocycles. The minimum absolute atomic E-state index is 0.141. The lowest BCUT2D eigenvalue weighted by Gasteiger charge is -2.10. The fourth-order valence-electron chi connectivity index (χ4n) is 1.11. The maximum absolute atomic E-state index is 11.4. The smallest absolute Gasteiger partial charge is 0.241 e. The van der Waals surface area contributed by atoms with E-state index < -0.39 is 6.04 Å². The largest absolute Gasteiger partial charge is 0.325 e. The summed E-state index contributed by atoms with van der Waals surface area (Å²) >= 11 is 0. The Morgan fingerprint density at radius 2 is 2.21 bits per heavy atom. The molecule has 0 aliphatic heterocycles. The van der Waals surface area contributed by atoms with Crippen LogP contribution in [0.5, 0.6) is 0 Å². The van der Waals surface area contributed by atoms with E-state index in [2.05, 4.69) is 10.3 Å². The zero-order valence-electron chi connectivity index (χ0n) is 8.23. The van der Waals surface area contributed by atoms with Gasteiger partial charge in [-0.15, -0.1) is 0 Å². The van der Waals surface area contributed by atoms with Crippen LogP contribution in [0.2, 0.25) is 0 Å². The Morgan fingerprint density at radius 3 is 2.79 bits per heavy atom. The summed E-state index contributed by atoms with van der Waals surface area (Å²) in [7, 11) is 0. The lowest BCUT2D eigenvalue weighted by atomic mass is 10.1. The molecule has 0 bridgehead atoms. The first-order valence-electron chi connectivity index (χ1n) is 4.70. The van der Waals surface area contributed by atoms with E-state index in [0.29, 0.717) is 6.42 Å². The fraction of sp³-hybridized carbons (Fsp3) is 0.400. The minimum atomic E-state index is -0.423. The number of amides is 1. The van der Waals surface area contributed by atoms with E-state index in [4.69, 9.17) is 5.73 Å². The van der Waals surface area contributed by atoms with Crippen LogP contribution < -0.4 is 11.1 Å². The molecule has 76 valence electrons. The number of nitrogens with zero attached hydrogens (tertiary/aromatic N) is 1. The Morgan fingerprint density at radius 1 is 1.57 bits per heavy atom. The molecule has 1 aromatic rings. The Labute approximate surface area is 83.5 Å². The summed E-state index contributed by atoms with van der Waals surface area (Å²) in [4.78, 5) is 15.3. The van der Waals surface area contributed by atoms with Gasteiger partial charge in [0.1, 0.15) is 0 Å². The van der Waals surface area contributed by atoms with Crippen LogP contribution in [0.3, 0.4) is 0 Å². The predicted molar refractivity (Wildman–Crippen MR) is 55.8 cm³/mol. The first kappa shape index (κ1) is 10.7. The first-order chi connectivity index (χ1) is 6.74. The van der Waals surface area contributed by atoms with Crippen LogP contribution in [0.15, 0.2) is 24.5 Å². The van der Waals surface area contributed by atoms with E-state index >= 15 is 0 Å². The van der Waals surface area contributed by atoms with Gasteiger partial charge in [0, 0.05) is 18.1 Å².